The molecule has 3 aromatic rings. The number of aryl methyl sites for hydroxylation is 1. The summed E-state index contributed by atoms with van der Waals surface area (Å²) in [6.07, 6.45) is 1.69. The lowest BCUT2D eigenvalue weighted by Crippen LogP contribution is -2.15. The number of carbonyl (C=O) groups is 1. The average Bonchev–Trinajstić information content (AvgIpc) is 3.02. The average molecular weight is 374 g/mol. The number of sulfonamides is 1. The molecule has 0 spiro atoms. The van der Waals surface area contributed by atoms with Crippen LogP contribution in [-0.2, 0) is 17.1 Å². The van der Waals surface area contributed by atoms with E-state index in [9.17, 15) is 17.6 Å². The van der Waals surface area contributed by atoms with Gasteiger partial charge in [-0.25, -0.2) is 12.8 Å². The number of carbonyl (C=O) groups excluding carboxylic acids is 1. The molecule has 0 aliphatic heterocycles. The molecule has 0 radical (unpaired) electrons. The Labute approximate surface area is 149 Å². The van der Waals surface area contributed by atoms with Gasteiger partial charge in [0.15, 0.2) is 5.82 Å². The Balaban J connectivity index is 1.73. The van der Waals surface area contributed by atoms with Gasteiger partial charge in [0.05, 0.1) is 4.90 Å². The van der Waals surface area contributed by atoms with Crippen LogP contribution in [0, 0.1) is 5.82 Å². The van der Waals surface area contributed by atoms with Crippen molar-refractivity contribution in [2.75, 3.05) is 10.0 Å². The van der Waals surface area contributed by atoms with Crippen LogP contribution in [0.2, 0.25) is 0 Å². The van der Waals surface area contributed by atoms with E-state index in [0.717, 1.165) is 12.1 Å². The summed E-state index contributed by atoms with van der Waals surface area (Å²) in [6.45, 7) is 0. The van der Waals surface area contributed by atoms with Gasteiger partial charge in [-0.2, -0.15) is 5.10 Å². The van der Waals surface area contributed by atoms with Gasteiger partial charge >= 0.3 is 0 Å². The third-order valence-corrected chi connectivity index (χ3v) is 4.88. The van der Waals surface area contributed by atoms with E-state index in [0.29, 0.717) is 5.82 Å². The fourth-order valence-corrected chi connectivity index (χ4v) is 3.25. The van der Waals surface area contributed by atoms with E-state index >= 15 is 0 Å². The molecule has 0 saturated heterocycles. The molecule has 26 heavy (non-hydrogen) atoms. The normalized spacial score (nSPS) is 11.2. The molecule has 0 saturated carbocycles. The Bertz CT molecular complexity index is 1030. The van der Waals surface area contributed by atoms with E-state index in [1.807, 2.05) is 0 Å². The van der Waals surface area contributed by atoms with Crippen LogP contribution in [0.25, 0.3) is 0 Å². The molecule has 3 rings (SSSR count). The van der Waals surface area contributed by atoms with Crippen molar-refractivity contribution in [1.82, 2.24) is 9.78 Å². The quantitative estimate of drug-likeness (QED) is 0.718. The highest BCUT2D eigenvalue weighted by Crippen LogP contribution is 2.17. The monoisotopic (exact) mass is 374 g/mol. The molecule has 0 unspecified atom stereocenters. The minimum Gasteiger partial charge on any atom is -0.305 e. The molecule has 2 N–H and O–H groups in total. The fourth-order valence-electron chi connectivity index (χ4n) is 2.19. The third-order valence-electron chi connectivity index (χ3n) is 3.48. The maximum atomic E-state index is 12.9. The summed E-state index contributed by atoms with van der Waals surface area (Å²) < 4.78 is 41.5. The minimum absolute atomic E-state index is 0.0174. The van der Waals surface area contributed by atoms with Crippen LogP contribution in [-0.4, -0.2) is 24.1 Å². The number of aromatic nitrogens is 2. The van der Waals surface area contributed by atoms with Gasteiger partial charge in [-0.15, -0.1) is 0 Å². The van der Waals surface area contributed by atoms with Gasteiger partial charge in [-0.1, -0.05) is 0 Å². The first-order valence-corrected chi connectivity index (χ1v) is 9.01. The van der Waals surface area contributed by atoms with E-state index in [-0.39, 0.29) is 16.1 Å². The van der Waals surface area contributed by atoms with Crippen LogP contribution in [0.4, 0.5) is 15.9 Å². The molecule has 2 aromatic carbocycles. The summed E-state index contributed by atoms with van der Waals surface area (Å²) in [5.41, 5.74) is 0.528. The summed E-state index contributed by atoms with van der Waals surface area (Å²) in [7, 11) is -2.12. The summed E-state index contributed by atoms with van der Waals surface area (Å²) in [5, 5.41) is 6.65. The second kappa shape index (κ2) is 6.96. The lowest BCUT2D eigenvalue weighted by molar-refractivity contribution is 0.102. The first kappa shape index (κ1) is 17.6. The van der Waals surface area contributed by atoms with Gasteiger partial charge in [0.25, 0.3) is 15.9 Å². The minimum atomic E-state index is -3.84. The van der Waals surface area contributed by atoms with Crippen molar-refractivity contribution in [1.29, 1.82) is 0 Å². The van der Waals surface area contributed by atoms with Gasteiger partial charge in [0, 0.05) is 30.6 Å². The van der Waals surface area contributed by atoms with Gasteiger partial charge in [0.2, 0.25) is 0 Å². The van der Waals surface area contributed by atoms with Gasteiger partial charge in [0.1, 0.15) is 5.82 Å². The third kappa shape index (κ3) is 4.06. The number of benzene rings is 2. The Kier molecular flexibility index (Phi) is 4.72. The second-order valence-corrected chi connectivity index (χ2v) is 7.15. The highest BCUT2D eigenvalue weighted by atomic mass is 32.2. The molecule has 134 valence electrons. The molecule has 1 heterocycles. The highest BCUT2D eigenvalue weighted by Gasteiger charge is 2.15. The predicted molar refractivity (Wildman–Crippen MR) is 94.8 cm³/mol. The molecule has 0 aliphatic carbocycles. The van der Waals surface area contributed by atoms with E-state index in [1.54, 1.807) is 24.0 Å². The summed E-state index contributed by atoms with van der Waals surface area (Å²) in [5.74, 6) is -0.470. The molecule has 0 aliphatic rings. The fraction of sp³-hybridized carbons (Fsp3) is 0.0588. The van der Waals surface area contributed by atoms with E-state index in [1.165, 1.54) is 36.4 Å². The van der Waals surface area contributed by atoms with Crippen molar-refractivity contribution in [3.63, 3.8) is 0 Å². The lowest BCUT2D eigenvalue weighted by Gasteiger charge is -2.09. The molecule has 9 heteroatoms. The van der Waals surface area contributed by atoms with Crippen molar-refractivity contribution in [2.24, 2.45) is 7.05 Å². The standard InChI is InChI=1S/C17H15FN4O3S/c1-22-11-10-16(20-22)19-17(23)12-2-8-15(9-3-12)26(24,25)21-14-6-4-13(18)5-7-14/h2-11,21H,1H3,(H,19,20,23). The number of hydrogen-bond donors (Lipinski definition) is 2. The van der Waals surface area contributed by atoms with Gasteiger partial charge < -0.3 is 5.32 Å². The van der Waals surface area contributed by atoms with Crippen LogP contribution in [0.15, 0.2) is 65.7 Å². The van der Waals surface area contributed by atoms with Crippen molar-refractivity contribution in [2.45, 2.75) is 4.90 Å². The van der Waals surface area contributed by atoms with Crippen LogP contribution in [0.3, 0.4) is 0 Å². The van der Waals surface area contributed by atoms with E-state index < -0.39 is 21.7 Å². The predicted octanol–water partition coefficient (Wildman–Crippen LogP) is 2.61. The van der Waals surface area contributed by atoms with Crippen molar-refractivity contribution >= 4 is 27.4 Å². The number of nitrogens with one attached hydrogen (secondary N) is 2. The van der Waals surface area contributed by atoms with E-state index in [4.69, 9.17) is 0 Å². The Morgan fingerprint density at radius 2 is 1.69 bits per heavy atom. The number of hydrogen-bond acceptors (Lipinski definition) is 4. The van der Waals surface area contributed by atoms with Crippen LogP contribution >= 0.6 is 0 Å². The lowest BCUT2D eigenvalue weighted by atomic mass is 10.2. The molecular formula is C17H15FN4O3S. The van der Waals surface area contributed by atoms with E-state index in [2.05, 4.69) is 15.1 Å². The smallest absolute Gasteiger partial charge is 0.261 e. The van der Waals surface area contributed by atoms with Crippen molar-refractivity contribution < 1.29 is 17.6 Å². The first-order valence-electron chi connectivity index (χ1n) is 7.53. The van der Waals surface area contributed by atoms with Crippen LogP contribution in [0.1, 0.15) is 10.4 Å². The number of nitrogens with zero attached hydrogens (tertiary/aromatic N) is 2. The van der Waals surface area contributed by atoms with Gasteiger partial charge in [-0.05, 0) is 48.5 Å². The zero-order valence-corrected chi connectivity index (χ0v) is 14.5. The van der Waals surface area contributed by atoms with Crippen LogP contribution < -0.4 is 10.0 Å². The largest absolute Gasteiger partial charge is 0.305 e. The molecule has 0 fully saturated rings. The van der Waals surface area contributed by atoms with Crippen molar-refractivity contribution in [3.05, 3.63) is 72.2 Å². The molecule has 1 aromatic heterocycles. The highest BCUT2D eigenvalue weighted by molar-refractivity contribution is 7.92. The molecule has 0 atom stereocenters. The number of halogens is 1. The topological polar surface area (TPSA) is 93.1 Å². The first-order chi connectivity index (χ1) is 12.3. The number of amides is 1. The number of rotatable bonds is 5. The summed E-state index contributed by atoms with van der Waals surface area (Å²) in [4.78, 5) is 12.1. The zero-order chi connectivity index (χ0) is 18.7. The second-order valence-electron chi connectivity index (χ2n) is 5.47. The maximum absolute atomic E-state index is 12.9. The SMILES string of the molecule is Cn1ccc(NC(=O)c2ccc(S(=O)(=O)Nc3ccc(F)cc3)cc2)n1. The maximum Gasteiger partial charge on any atom is 0.261 e. The van der Waals surface area contributed by atoms with Crippen molar-refractivity contribution in [3.8, 4) is 0 Å². The molecule has 7 nitrogen and oxygen atoms in total. The van der Waals surface area contributed by atoms with Crippen LogP contribution in [0.5, 0.6) is 0 Å². The molecule has 0 bridgehead atoms. The Hall–Kier alpha value is -3.20. The zero-order valence-electron chi connectivity index (χ0n) is 13.7. The molecular weight excluding hydrogens is 359 g/mol. The molecule has 1 amide bonds. The van der Waals surface area contributed by atoms with Gasteiger partial charge in [-0.3, -0.25) is 14.2 Å². The summed E-state index contributed by atoms with van der Waals surface area (Å²) in [6, 6.07) is 12.0. The summed E-state index contributed by atoms with van der Waals surface area (Å²) >= 11 is 0. The number of anilines is 2. The Morgan fingerprint density at radius 3 is 2.27 bits per heavy atom. The Morgan fingerprint density at radius 1 is 1.04 bits per heavy atom.